The number of β-amino-alcohol motifs (C(OH)–C–C–N with tert-alkyl or cyclic N) is 1. The minimum Gasteiger partial charge on any atom is -0.387 e. The van der Waals surface area contributed by atoms with Gasteiger partial charge < -0.3 is 15.3 Å². The van der Waals surface area contributed by atoms with E-state index >= 15 is 0 Å². The Kier molecular flexibility index (Phi) is 5.87. The first-order valence-electron chi connectivity index (χ1n) is 9.09. The number of rotatable bonds is 5. The molecule has 6 heteroatoms. The molecule has 1 aliphatic heterocycles. The summed E-state index contributed by atoms with van der Waals surface area (Å²) in [6, 6.07) is 12.3. The van der Waals surface area contributed by atoms with Crippen molar-refractivity contribution in [3.63, 3.8) is 0 Å². The molecule has 1 atom stereocenters. The van der Waals surface area contributed by atoms with E-state index in [0.29, 0.717) is 43.6 Å². The van der Waals surface area contributed by atoms with E-state index in [9.17, 15) is 18.7 Å². The lowest BCUT2D eigenvalue weighted by Gasteiger charge is -2.43. The maximum Gasteiger partial charge on any atom is 0.217 e. The first kappa shape index (κ1) is 19.5. The van der Waals surface area contributed by atoms with Crippen LogP contribution in [-0.4, -0.2) is 35.5 Å². The maximum atomic E-state index is 14.4. The monoisotopic (exact) mass is 374 g/mol. The van der Waals surface area contributed by atoms with E-state index in [4.69, 9.17) is 0 Å². The number of halogens is 2. The Morgan fingerprint density at radius 3 is 2.37 bits per heavy atom. The number of nitrogens with zero attached hydrogens (tertiary/aromatic N) is 1. The highest BCUT2D eigenvalue weighted by Gasteiger charge is 2.39. The van der Waals surface area contributed by atoms with Crippen LogP contribution < -0.4 is 5.32 Å². The smallest absolute Gasteiger partial charge is 0.217 e. The molecule has 1 unspecified atom stereocenters. The van der Waals surface area contributed by atoms with Gasteiger partial charge in [-0.25, -0.2) is 8.78 Å². The molecule has 2 N–H and O–H groups in total. The van der Waals surface area contributed by atoms with E-state index in [-0.39, 0.29) is 17.5 Å². The van der Waals surface area contributed by atoms with E-state index in [0.717, 1.165) is 0 Å². The molecule has 1 heterocycles. The lowest BCUT2D eigenvalue weighted by atomic mass is 9.80. The largest absolute Gasteiger partial charge is 0.387 e. The third-order valence-corrected chi connectivity index (χ3v) is 5.20. The summed E-state index contributed by atoms with van der Waals surface area (Å²) in [7, 11) is 0. The Hall–Kier alpha value is -2.31. The summed E-state index contributed by atoms with van der Waals surface area (Å²) in [5.41, 5.74) is 0.414. The zero-order chi connectivity index (χ0) is 19.4. The number of likely N-dealkylation sites (tertiary alicyclic amines) is 1. The second kappa shape index (κ2) is 8.15. The van der Waals surface area contributed by atoms with Gasteiger partial charge in [-0.1, -0.05) is 30.3 Å². The van der Waals surface area contributed by atoms with Crippen LogP contribution in [0.5, 0.6) is 0 Å². The molecule has 0 radical (unpaired) electrons. The van der Waals surface area contributed by atoms with E-state index < -0.39 is 11.6 Å². The minimum absolute atomic E-state index is 0.196. The van der Waals surface area contributed by atoms with E-state index in [2.05, 4.69) is 10.2 Å². The third-order valence-electron chi connectivity index (χ3n) is 5.20. The Morgan fingerprint density at radius 2 is 1.78 bits per heavy atom. The van der Waals surface area contributed by atoms with Crippen LogP contribution in [0.2, 0.25) is 0 Å². The number of piperidine rings is 1. The lowest BCUT2D eigenvalue weighted by Crippen LogP contribution is -2.53. The first-order valence-corrected chi connectivity index (χ1v) is 9.09. The predicted molar refractivity (Wildman–Crippen MR) is 98.9 cm³/mol. The van der Waals surface area contributed by atoms with Gasteiger partial charge in [-0.2, -0.15) is 0 Å². The molecule has 0 saturated carbocycles. The molecule has 0 aromatic heterocycles. The number of hydrogen-bond acceptors (Lipinski definition) is 3. The number of aliphatic hydroxyl groups is 1. The lowest BCUT2D eigenvalue weighted by molar-refractivity contribution is -0.121. The highest BCUT2D eigenvalue weighted by Crippen LogP contribution is 2.35. The van der Waals surface area contributed by atoms with Crippen molar-refractivity contribution in [1.29, 1.82) is 0 Å². The summed E-state index contributed by atoms with van der Waals surface area (Å²) in [6.07, 6.45) is 0.361. The summed E-state index contributed by atoms with van der Waals surface area (Å²) in [6.45, 7) is 3.05. The number of aliphatic hydroxyl groups excluding tert-OH is 1. The second-order valence-electron chi connectivity index (χ2n) is 7.11. The zero-order valence-corrected chi connectivity index (χ0v) is 15.3. The Bertz CT molecular complexity index is 787. The van der Waals surface area contributed by atoms with Crippen LogP contribution in [0.4, 0.5) is 8.78 Å². The molecule has 1 fully saturated rings. The Morgan fingerprint density at radius 1 is 1.15 bits per heavy atom. The summed E-state index contributed by atoms with van der Waals surface area (Å²) < 4.78 is 27.4. The molecule has 144 valence electrons. The van der Waals surface area contributed by atoms with Crippen molar-refractivity contribution in [2.75, 3.05) is 19.6 Å². The van der Waals surface area contributed by atoms with Gasteiger partial charge in [-0.15, -0.1) is 0 Å². The van der Waals surface area contributed by atoms with Gasteiger partial charge >= 0.3 is 0 Å². The van der Waals surface area contributed by atoms with Gasteiger partial charge in [0.05, 0.1) is 11.6 Å². The van der Waals surface area contributed by atoms with E-state index in [1.54, 1.807) is 30.3 Å². The molecule has 1 amide bonds. The first-order chi connectivity index (χ1) is 12.9. The Labute approximate surface area is 157 Å². The second-order valence-corrected chi connectivity index (χ2v) is 7.11. The standard InChI is InChI=1S/C21H24F2N2O2/c1-15(26)24-21(18-4-2-3-5-19(18)23)10-12-25(13-11-21)14-20(27)16-6-8-17(22)9-7-16/h2-9,20,27H,10-14H2,1H3,(H,24,26). The topological polar surface area (TPSA) is 52.6 Å². The number of nitrogens with one attached hydrogen (secondary N) is 1. The number of benzene rings is 2. The van der Waals surface area contributed by atoms with Crippen molar-refractivity contribution < 1.29 is 18.7 Å². The molecule has 0 spiro atoms. The summed E-state index contributed by atoms with van der Waals surface area (Å²) in [5, 5.41) is 13.4. The molecular weight excluding hydrogens is 350 g/mol. The highest BCUT2D eigenvalue weighted by atomic mass is 19.1. The molecule has 1 saturated heterocycles. The average Bonchev–Trinajstić information content (AvgIpc) is 2.64. The molecule has 0 bridgehead atoms. The molecule has 2 aromatic carbocycles. The van der Waals surface area contributed by atoms with E-state index in [1.807, 2.05) is 0 Å². The van der Waals surface area contributed by atoms with Gasteiger partial charge in [0.25, 0.3) is 0 Å². The van der Waals surface area contributed by atoms with Crippen molar-refractivity contribution in [1.82, 2.24) is 10.2 Å². The molecule has 2 aromatic rings. The fourth-order valence-corrected chi connectivity index (χ4v) is 3.80. The molecule has 3 rings (SSSR count). The van der Waals surface area contributed by atoms with Crippen molar-refractivity contribution in [3.05, 3.63) is 71.3 Å². The fraction of sp³-hybridized carbons (Fsp3) is 0.381. The molecular formula is C21H24F2N2O2. The zero-order valence-electron chi connectivity index (χ0n) is 15.3. The van der Waals surface area contributed by atoms with Gasteiger partial charge in [0.15, 0.2) is 0 Å². The van der Waals surface area contributed by atoms with Crippen molar-refractivity contribution in [2.24, 2.45) is 0 Å². The van der Waals surface area contributed by atoms with Crippen LogP contribution in [0.1, 0.15) is 37.0 Å². The molecule has 4 nitrogen and oxygen atoms in total. The molecule has 0 aliphatic carbocycles. The third kappa shape index (κ3) is 4.51. The van der Waals surface area contributed by atoms with Crippen LogP contribution >= 0.6 is 0 Å². The normalized spacial score (nSPS) is 18.1. The molecule has 1 aliphatic rings. The van der Waals surface area contributed by atoms with Crippen LogP contribution in [0.25, 0.3) is 0 Å². The van der Waals surface area contributed by atoms with Crippen molar-refractivity contribution in [2.45, 2.75) is 31.4 Å². The van der Waals surface area contributed by atoms with Gasteiger partial charge in [-0.3, -0.25) is 4.79 Å². The molecule has 27 heavy (non-hydrogen) atoms. The van der Waals surface area contributed by atoms with E-state index in [1.165, 1.54) is 25.1 Å². The summed E-state index contributed by atoms with van der Waals surface area (Å²) in [4.78, 5) is 13.8. The number of carbonyl (C=O) groups excluding carboxylic acids is 1. The minimum atomic E-state index is -0.742. The van der Waals surface area contributed by atoms with Crippen LogP contribution in [0, 0.1) is 11.6 Å². The quantitative estimate of drug-likeness (QED) is 0.846. The van der Waals surface area contributed by atoms with Gasteiger partial charge in [0.1, 0.15) is 11.6 Å². The summed E-state index contributed by atoms with van der Waals surface area (Å²) in [5.74, 6) is -0.863. The van der Waals surface area contributed by atoms with Crippen molar-refractivity contribution >= 4 is 5.91 Å². The number of hydrogen-bond donors (Lipinski definition) is 2. The van der Waals surface area contributed by atoms with Gasteiger partial charge in [-0.05, 0) is 36.6 Å². The van der Waals surface area contributed by atoms with Crippen LogP contribution in [-0.2, 0) is 10.3 Å². The van der Waals surface area contributed by atoms with Gasteiger partial charge in [0, 0.05) is 32.1 Å². The van der Waals surface area contributed by atoms with Crippen LogP contribution in [0.3, 0.4) is 0 Å². The average molecular weight is 374 g/mol. The predicted octanol–water partition coefficient (Wildman–Crippen LogP) is 3.13. The number of amides is 1. The highest BCUT2D eigenvalue weighted by molar-refractivity contribution is 5.74. The van der Waals surface area contributed by atoms with Gasteiger partial charge in [0.2, 0.25) is 5.91 Å². The SMILES string of the molecule is CC(=O)NC1(c2ccccc2F)CCN(CC(O)c2ccc(F)cc2)CC1. The maximum absolute atomic E-state index is 14.4. The van der Waals surface area contributed by atoms with Crippen LogP contribution in [0.15, 0.2) is 48.5 Å². The summed E-state index contributed by atoms with van der Waals surface area (Å²) >= 11 is 0. The number of carbonyl (C=O) groups is 1. The fourth-order valence-electron chi connectivity index (χ4n) is 3.80. The Balaban J connectivity index is 1.70. The van der Waals surface area contributed by atoms with Crippen molar-refractivity contribution in [3.8, 4) is 0 Å².